The van der Waals surface area contributed by atoms with Crippen LogP contribution >= 0.6 is 27.3 Å². The molecule has 0 aliphatic carbocycles. The third-order valence-electron chi connectivity index (χ3n) is 2.38. The van der Waals surface area contributed by atoms with Crippen molar-refractivity contribution in [3.63, 3.8) is 0 Å². The summed E-state index contributed by atoms with van der Waals surface area (Å²) in [5.74, 6) is -1.57. The Hall–Kier alpha value is -0.880. The number of hydrogen-bond donors (Lipinski definition) is 2. The van der Waals surface area contributed by atoms with Gasteiger partial charge in [-0.2, -0.15) is 0 Å². The van der Waals surface area contributed by atoms with Gasteiger partial charge in [0.25, 0.3) is 0 Å². The summed E-state index contributed by atoms with van der Waals surface area (Å²) in [4.78, 5) is 23.6. The summed E-state index contributed by atoms with van der Waals surface area (Å²) in [6, 6.07) is 1.99. The van der Waals surface area contributed by atoms with E-state index in [1.165, 1.54) is 13.8 Å². The van der Waals surface area contributed by atoms with E-state index in [1.807, 2.05) is 11.4 Å². The van der Waals surface area contributed by atoms with Crippen molar-refractivity contribution in [1.82, 2.24) is 5.32 Å². The zero-order valence-electron chi connectivity index (χ0n) is 9.62. The SMILES string of the molecule is CC(C)(C(=O)O)C(=O)NCCc1cc(Br)cs1. The number of hydrogen-bond acceptors (Lipinski definition) is 3. The molecule has 0 bridgehead atoms. The van der Waals surface area contributed by atoms with Gasteiger partial charge in [-0.1, -0.05) is 0 Å². The summed E-state index contributed by atoms with van der Waals surface area (Å²) in [6.45, 7) is 3.24. The lowest BCUT2D eigenvalue weighted by atomic mass is 9.93. The van der Waals surface area contributed by atoms with Gasteiger partial charge in [0.2, 0.25) is 5.91 Å². The number of amides is 1. The summed E-state index contributed by atoms with van der Waals surface area (Å²) >= 11 is 4.95. The number of nitrogens with one attached hydrogen (secondary N) is 1. The van der Waals surface area contributed by atoms with Crippen molar-refractivity contribution in [2.45, 2.75) is 20.3 Å². The highest BCUT2D eigenvalue weighted by molar-refractivity contribution is 9.10. The first-order chi connectivity index (χ1) is 7.84. The van der Waals surface area contributed by atoms with Crippen LogP contribution in [0.4, 0.5) is 0 Å². The van der Waals surface area contributed by atoms with Crippen LogP contribution in [-0.4, -0.2) is 23.5 Å². The minimum atomic E-state index is -1.38. The fraction of sp³-hybridized carbons (Fsp3) is 0.455. The van der Waals surface area contributed by atoms with Gasteiger partial charge in [0.15, 0.2) is 0 Å². The molecule has 0 saturated carbocycles. The third-order valence-corrected chi connectivity index (χ3v) is 4.14. The molecule has 0 spiro atoms. The van der Waals surface area contributed by atoms with E-state index in [9.17, 15) is 9.59 Å². The second kappa shape index (κ2) is 5.64. The van der Waals surface area contributed by atoms with Crippen molar-refractivity contribution in [3.8, 4) is 0 Å². The summed E-state index contributed by atoms with van der Waals surface area (Å²) in [6.07, 6.45) is 0.706. The molecule has 0 saturated heterocycles. The molecule has 0 radical (unpaired) electrons. The Morgan fingerprint density at radius 2 is 2.18 bits per heavy atom. The zero-order chi connectivity index (χ0) is 13.1. The minimum absolute atomic E-state index is 0.447. The Labute approximate surface area is 112 Å². The smallest absolute Gasteiger partial charge is 0.318 e. The monoisotopic (exact) mass is 319 g/mol. The second-order valence-corrected chi connectivity index (χ2v) is 6.08. The van der Waals surface area contributed by atoms with Gasteiger partial charge in [-0.15, -0.1) is 11.3 Å². The number of carbonyl (C=O) groups excluding carboxylic acids is 1. The van der Waals surface area contributed by atoms with Gasteiger partial charge in [-0.05, 0) is 42.3 Å². The van der Waals surface area contributed by atoms with Crippen LogP contribution in [0.3, 0.4) is 0 Å². The van der Waals surface area contributed by atoms with Crippen LogP contribution in [0.1, 0.15) is 18.7 Å². The lowest BCUT2D eigenvalue weighted by Gasteiger charge is -2.18. The van der Waals surface area contributed by atoms with E-state index in [2.05, 4.69) is 21.2 Å². The highest BCUT2D eigenvalue weighted by Gasteiger charge is 2.35. The lowest BCUT2D eigenvalue weighted by molar-refractivity contribution is -0.153. The van der Waals surface area contributed by atoms with Crippen molar-refractivity contribution in [2.24, 2.45) is 5.41 Å². The van der Waals surface area contributed by atoms with Gasteiger partial charge >= 0.3 is 5.97 Å². The molecule has 0 unspecified atom stereocenters. The molecule has 2 N–H and O–H groups in total. The number of thiophene rings is 1. The second-order valence-electron chi connectivity index (χ2n) is 4.17. The van der Waals surface area contributed by atoms with Crippen molar-refractivity contribution in [3.05, 3.63) is 20.8 Å². The maximum Gasteiger partial charge on any atom is 0.318 e. The van der Waals surface area contributed by atoms with E-state index in [0.29, 0.717) is 13.0 Å². The van der Waals surface area contributed by atoms with E-state index in [1.54, 1.807) is 11.3 Å². The van der Waals surface area contributed by atoms with Crippen molar-refractivity contribution in [1.29, 1.82) is 0 Å². The highest BCUT2D eigenvalue weighted by atomic mass is 79.9. The number of carbonyl (C=O) groups is 2. The molecular formula is C11H14BrNO3S. The highest BCUT2D eigenvalue weighted by Crippen LogP contribution is 2.20. The average molecular weight is 320 g/mol. The quantitative estimate of drug-likeness (QED) is 0.818. The Morgan fingerprint density at radius 1 is 1.53 bits per heavy atom. The van der Waals surface area contributed by atoms with Crippen LogP contribution in [0.15, 0.2) is 15.9 Å². The van der Waals surface area contributed by atoms with Gasteiger partial charge in [-0.25, -0.2) is 0 Å². The van der Waals surface area contributed by atoms with E-state index in [-0.39, 0.29) is 0 Å². The maximum atomic E-state index is 11.6. The van der Waals surface area contributed by atoms with Crippen LogP contribution in [0.2, 0.25) is 0 Å². The molecule has 1 heterocycles. The van der Waals surface area contributed by atoms with Gasteiger partial charge in [0, 0.05) is 21.3 Å². The van der Waals surface area contributed by atoms with Crippen molar-refractivity contribution in [2.75, 3.05) is 6.54 Å². The summed E-state index contributed by atoms with van der Waals surface area (Å²) < 4.78 is 1.02. The summed E-state index contributed by atoms with van der Waals surface area (Å²) in [5, 5.41) is 13.5. The molecule has 0 fully saturated rings. The van der Waals surface area contributed by atoms with Crippen LogP contribution in [0.25, 0.3) is 0 Å². The minimum Gasteiger partial charge on any atom is -0.480 e. The Balaban J connectivity index is 2.42. The predicted molar refractivity (Wildman–Crippen MR) is 70.1 cm³/mol. The molecule has 0 aliphatic rings. The maximum absolute atomic E-state index is 11.6. The molecule has 0 atom stereocenters. The molecule has 1 aromatic heterocycles. The van der Waals surface area contributed by atoms with Gasteiger partial charge < -0.3 is 10.4 Å². The molecular weight excluding hydrogens is 306 g/mol. The van der Waals surface area contributed by atoms with E-state index in [0.717, 1.165) is 9.35 Å². The van der Waals surface area contributed by atoms with E-state index in [4.69, 9.17) is 5.11 Å². The molecule has 0 aromatic carbocycles. The first-order valence-electron chi connectivity index (χ1n) is 5.08. The number of aliphatic carboxylic acids is 1. The first kappa shape index (κ1) is 14.2. The Bertz CT molecular complexity index is 428. The molecule has 1 rings (SSSR count). The number of carboxylic acid groups (broad SMARTS) is 1. The molecule has 1 amide bonds. The number of halogens is 1. The average Bonchev–Trinajstić information content (AvgIpc) is 2.63. The van der Waals surface area contributed by atoms with Crippen LogP contribution in [0.5, 0.6) is 0 Å². The van der Waals surface area contributed by atoms with Crippen molar-refractivity contribution < 1.29 is 14.7 Å². The standard InChI is InChI=1S/C11H14BrNO3S/c1-11(2,10(15)16)9(14)13-4-3-8-5-7(12)6-17-8/h5-6H,3-4H2,1-2H3,(H,13,14)(H,15,16). The van der Waals surface area contributed by atoms with E-state index < -0.39 is 17.3 Å². The molecule has 4 nitrogen and oxygen atoms in total. The zero-order valence-corrected chi connectivity index (χ0v) is 12.0. The number of carboxylic acids is 1. The number of rotatable bonds is 5. The predicted octanol–water partition coefficient (Wildman–Crippen LogP) is 2.28. The Kier molecular flexibility index (Phi) is 4.70. The van der Waals surface area contributed by atoms with Crippen molar-refractivity contribution >= 4 is 39.1 Å². The third kappa shape index (κ3) is 3.81. The Morgan fingerprint density at radius 3 is 2.65 bits per heavy atom. The summed E-state index contributed by atoms with van der Waals surface area (Å²) in [7, 11) is 0. The molecule has 0 aliphatic heterocycles. The fourth-order valence-electron chi connectivity index (χ4n) is 1.10. The van der Waals surface area contributed by atoms with Crippen LogP contribution in [-0.2, 0) is 16.0 Å². The lowest BCUT2D eigenvalue weighted by Crippen LogP contribution is -2.42. The topological polar surface area (TPSA) is 66.4 Å². The van der Waals surface area contributed by atoms with Gasteiger partial charge in [0.1, 0.15) is 5.41 Å². The van der Waals surface area contributed by atoms with Gasteiger partial charge in [-0.3, -0.25) is 9.59 Å². The van der Waals surface area contributed by atoms with Gasteiger partial charge in [0.05, 0.1) is 0 Å². The summed E-state index contributed by atoms with van der Waals surface area (Å²) in [5.41, 5.74) is -1.38. The normalized spacial score (nSPS) is 11.2. The fourth-order valence-corrected chi connectivity index (χ4v) is 2.56. The van der Waals surface area contributed by atoms with Crippen LogP contribution in [0, 0.1) is 5.41 Å². The van der Waals surface area contributed by atoms with E-state index >= 15 is 0 Å². The molecule has 94 valence electrons. The first-order valence-corrected chi connectivity index (χ1v) is 6.76. The largest absolute Gasteiger partial charge is 0.480 e. The molecule has 6 heteroatoms. The molecule has 1 aromatic rings. The van der Waals surface area contributed by atoms with Crippen LogP contribution < -0.4 is 5.32 Å². The molecule has 17 heavy (non-hydrogen) atoms.